The van der Waals surface area contributed by atoms with Gasteiger partial charge >= 0.3 is 0 Å². The second-order valence-electron chi connectivity index (χ2n) is 4.90. The maximum atomic E-state index is 4.57. The SMILES string of the molecule is Cc1cc(C)cc(-c2nccc3cc(Br)ccc23)c1. The Bertz CT molecular complexity index is 742. The number of nitrogens with zero attached hydrogens (tertiary/aromatic N) is 1. The summed E-state index contributed by atoms with van der Waals surface area (Å²) in [7, 11) is 0. The summed E-state index contributed by atoms with van der Waals surface area (Å²) < 4.78 is 1.09. The minimum absolute atomic E-state index is 1.05. The number of pyridine rings is 1. The molecule has 0 bridgehead atoms. The highest BCUT2D eigenvalue weighted by molar-refractivity contribution is 9.10. The van der Waals surface area contributed by atoms with Crippen LogP contribution in [0.15, 0.2) is 53.1 Å². The Hall–Kier alpha value is -1.67. The first-order chi connectivity index (χ1) is 9.13. The lowest BCUT2D eigenvalue weighted by Gasteiger charge is -2.08. The van der Waals surface area contributed by atoms with Crippen molar-refractivity contribution < 1.29 is 0 Å². The van der Waals surface area contributed by atoms with Crippen LogP contribution >= 0.6 is 15.9 Å². The molecule has 3 aromatic rings. The van der Waals surface area contributed by atoms with Crippen molar-refractivity contribution in [1.82, 2.24) is 4.98 Å². The summed E-state index contributed by atoms with van der Waals surface area (Å²) in [6.07, 6.45) is 1.88. The first-order valence-corrected chi connectivity index (χ1v) is 7.06. The number of aryl methyl sites for hydroxylation is 2. The molecule has 0 N–H and O–H groups in total. The van der Waals surface area contributed by atoms with Gasteiger partial charge in [0, 0.05) is 21.6 Å². The van der Waals surface area contributed by atoms with E-state index in [1.54, 1.807) is 0 Å². The molecule has 19 heavy (non-hydrogen) atoms. The van der Waals surface area contributed by atoms with Crippen LogP contribution in [0.4, 0.5) is 0 Å². The molecule has 0 spiro atoms. The molecule has 1 heterocycles. The largest absolute Gasteiger partial charge is 0.256 e. The lowest BCUT2D eigenvalue weighted by Crippen LogP contribution is -1.88. The average molecular weight is 312 g/mol. The van der Waals surface area contributed by atoms with Crippen molar-refractivity contribution in [3.63, 3.8) is 0 Å². The Balaban J connectivity index is 2.30. The zero-order valence-electron chi connectivity index (χ0n) is 10.9. The zero-order valence-corrected chi connectivity index (χ0v) is 12.5. The summed E-state index contributed by atoms with van der Waals surface area (Å²) >= 11 is 3.52. The average Bonchev–Trinajstić information content (AvgIpc) is 2.36. The van der Waals surface area contributed by atoms with E-state index in [1.165, 1.54) is 27.5 Å². The second-order valence-corrected chi connectivity index (χ2v) is 5.82. The van der Waals surface area contributed by atoms with Crippen LogP contribution in [0.3, 0.4) is 0 Å². The van der Waals surface area contributed by atoms with Crippen molar-refractivity contribution >= 4 is 26.7 Å². The summed E-state index contributed by atoms with van der Waals surface area (Å²) in [5.41, 5.74) is 4.78. The molecule has 2 heteroatoms. The van der Waals surface area contributed by atoms with Crippen LogP contribution in [-0.2, 0) is 0 Å². The van der Waals surface area contributed by atoms with E-state index in [2.05, 4.69) is 71.2 Å². The Morgan fingerprint density at radius 2 is 1.63 bits per heavy atom. The topological polar surface area (TPSA) is 12.9 Å². The molecule has 0 unspecified atom stereocenters. The van der Waals surface area contributed by atoms with Crippen molar-refractivity contribution in [3.05, 3.63) is 64.3 Å². The minimum Gasteiger partial charge on any atom is -0.256 e. The predicted octanol–water partition coefficient (Wildman–Crippen LogP) is 5.28. The third-order valence-corrected chi connectivity index (χ3v) is 3.71. The van der Waals surface area contributed by atoms with Crippen LogP contribution in [0.25, 0.3) is 22.0 Å². The minimum atomic E-state index is 1.05. The summed E-state index contributed by atoms with van der Waals surface area (Å²) in [4.78, 5) is 4.57. The molecule has 0 saturated heterocycles. The number of hydrogen-bond acceptors (Lipinski definition) is 1. The lowest BCUT2D eigenvalue weighted by atomic mass is 10.0. The van der Waals surface area contributed by atoms with Crippen LogP contribution in [-0.4, -0.2) is 4.98 Å². The molecule has 0 aliphatic heterocycles. The van der Waals surface area contributed by atoms with E-state index in [4.69, 9.17) is 0 Å². The third-order valence-electron chi connectivity index (χ3n) is 3.22. The van der Waals surface area contributed by atoms with Crippen LogP contribution in [0.5, 0.6) is 0 Å². The predicted molar refractivity (Wildman–Crippen MR) is 84.4 cm³/mol. The molecule has 2 aromatic carbocycles. The molecule has 3 rings (SSSR count). The van der Waals surface area contributed by atoms with Gasteiger partial charge in [-0.2, -0.15) is 0 Å². The van der Waals surface area contributed by atoms with E-state index in [0.717, 1.165) is 10.2 Å². The van der Waals surface area contributed by atoms with Crippen molar-refractivity contribution in [3.8, 4) is 11.3 Å². The third kappa shape index (κ3) is 2.41. The van der Waals surface area contributed by atoms with E-state index in [1.807, 2.05) is 12.3 Å². The van der Waals surface area contributed by atoms with Gasteiger partial charge in [-0.1, -0.05) is 39.2 Å². The molecule has 94 valence electrons. The van der Waals surface area contributed by atoms with Crippen molar-refractivity contribution in [1.29, 1.82) is 0 Å². The highest BCUT2D eigenvalue weighted by Gasteiger charge is 2.06. The van der Waals surface area contributed by atoms with E-state index >= 15 is 0 Å². The smallest absolute Gasteiger partial charge is 0.0780 e. The summed E-state index contributed by atoms with van der Waals surface area (Å²) in [5, 5.41) is 2.40. The quantitative estimate of drug-likeness (QED) is 0.595. The number of aromatic nitrogens is 1. The van der Waals surface area contributed by atoms with Crippen LogP contribution < -0.4 is 0 Å². The van der Waals surface area contributed by atoms with Gasteiger partial charge in [-0.05, 0) is 49.6 Å². The molecule has 0 radical (unpaired) electrons. The highest BCUT2D eigenvalue weighted by Crippen LogP contribution is 2.29. The van der Waals surface area contributed by atoms with Gasteiger partial charge in [0.05, 0.1) is 5.69 Å². The molecule has 1 aromatic heterocycles. The fraction of sp³-hybridized carbons (Fsp3) is 0.118. The molecular formula is C17H14BrN. The monoisotopic (exact) mass is 311 g/mol. The van der Waals surface area contributed by atoms with Crippen LogP contribution in [0, 0.1) is 13.8 Å². The standard InChI is InChI=1S/C17H14BrN/c1-11-7-12(2)9-14(8-11)17-16-4-3-15(18)10-13(16)5-6-19-17/h3-10H,1-2H3. The fourth-order valence-electron chi connectivity index (χ4n) is 2.49. The van der Waals surface area contributed by atoms with Gasteiger partial charge in [0.15, 0.2) is 0 Å². The number of fused-ring (bicyclic) bond motifs is 1. The van der Waals surface area contributed by atoms with Gasteiger partial charge in [-0.15, -0.1) is 0 Å². The molecule has 0 atom stereocenters. The van der Waals surface area contributed by atoms with Gasteiger partial charge < -0.3 is 0 Å². The number of hydrogen-bond donors (Lipinski definition) is 0. The van der Waals surface area contributed by atoms with Gasteiger partial charge in [-0.25, -0.2) is 0 Å². The number of halogens is 1. The number of benzene rings is 2. The van der Waals surface area contributed by atoms with Crippen molar-refractivity contribution in [2.75, 3.05) is 0 Å². The van der Waals surface area contributed by atoms with Gasteiger partial charge in [0.2, 0.25) is 0 Å². The Morgan fingerprint density at radius 3 is 2.37 bits per heavy atom. The maximum absolute atomic E-state index is 4.57. The van der Waals surface area contributed by atoms with Gasteiger partial charge in [0.1, 0.15) is 0 Å². The van der Waals surface area contributed by atoms with E-state index < -0.39 is 0 Å². The molecule has 0 fully saturated rings. The summed E-state index contributed by atoms with van der Waals surface area (Å²) in [6.45, 7) is 4.25. The van der Waals surface area contributed by atoms with Crippen LogP contribution in [0.1, 0.15) is 11.1 Å². The normalized spacial score (nSPS) is 10.9. The van der Waals surface area contributed by atoms with E-state index in [-0.39, 0.29) is 0 Å². The molecule has 0 saturated carbocycles. The summed E-state index contributed by atoms with van der Waals surface area (Å²) in [6, 6.07) is 14.9. The maximum Gasteiger partial charge on any atom is 0.0780 e. The number of rotatable bonds is 1. The van der Waals surface area contributed by atoms with Gasteiger partial charge in [0.25, 0.3) is 0 Å². The van der Waals surface area contributed by atoms with E-state index in [9.17, 15) is 0 Å². The van der Waals surface area contributed by atoms with E-state index in [0.29, 0.717) is 0 Å². The first kappa shape index (κ1) is 12.4. The molecular weight excluding hydrogens is 298 g/mol. The van der Waals surface area contributed by atoms with Crippen LogP contribution in [0.2, 0.25) is 0 Å². The molecule has 0 aliphatic carbocycles. The molecule has 1 nitrogen and oxygen atoms in total. The Labute approximate surface area is 121 Å². The molecule has 0 amide bonds. The fourth-order valence-corrected chi connectivity index (χ4v) is 2.87. The Morgan fingerprint density at radius 1 is 0.895 bits per heavy atom. The highest BCUT2D eigenvalue weighted by atomic mass is 79.9. The van der Waals surface area contributed by atoms with Gasteiger partial charge in [-0.3, -0.25) is 4.98 Å². The summed E-state index contributed by atoms with van der Waals surface area (Å²) in [5.74, 6) is 0. The Kier molecular flexibility index (Phi) is 3.11. The lowest BCUT2D eigenvalue weighted by molar-refractivity contribution is 1.32. The van der Waals surface area contributed by atoms with Crippen molar-refractivity contribution in [2.24, 2.45) is 0 Å². The van der Waals surface area contributed by atoms with Crippen molar-refractivity contribution in [2.45, 2.75) is 13.8 Å². The first-order valence-electron chi connectivity index (χ1n) is 6.26. The zero-order chi connectivity index (χ0) is 13.4. The second kappa shape index (κ2) is 4.78. The molecule has 0 aliphatic rings.